The monoisotopic (exact) mass is 406 g/mol. The third-order valence-corrected chi connectivity index (χ3v) is 7.20. The molecule has 2 aromatic carbocycles. The highest BCUT2D eigenvalue weighted by molar-refractivity contribution is 6.30. The lowest BCUT2D eigenvalue weighted by atomic mass is 9.73. The van der Waals surface area contributed by atoms with Gasteiger partial charge in [0.1, 0.15) is 5.92 Å². The van der Waals surface area contributed by atoms with Crippen LogP contribution in [0, 0.1) is 11.8 Å². The standard InChI is InChI=1S/C25H23ClO3/c1-4-14-5-6-16(15-7-9-17(26)10-8-15)13-18(14)19-22(27)20-21(23(19)28)25(3)12-11-24(20,2)29-25/h5-13,19-21H,4H2,1-3H3. The van der Waals surface area contributed by atoms with Crippen LogP contribution in [0.2, 0.25) is 5.02 Å². The molecule has 4 atom stereocenters. The number of halogens is 1. The maximum atomic E-state index is 13.5. The summed E-state index contributed by atoms with van der Waals surface area (Å²) in [6.07, 6.45) is 4.70. The minimum Gasteiger partial charge on any atom is -0.359 e. The molecule has 2 fully saturated rings. The molecule has 2 bridgehead atoms. The Morgan fingerprint density at radius 2 is 1.45 bits per heavy atom. The number of aryl methyl sites for hydroxylation is 1. The van der Waals surface area contributed by atoms with Crippen molar-refractivity contribution in [2.75, 3.05) is 0 Å². The minimum atomic E-state index is -0.713. The van der Waals surface area contributed by atoms with Crippen LogP contribution in [0.4, 0.5) is 0 Å². The number of hydrogen-bond acceptors (Lipinski definition) is 3. The van der Waals surface area contributed by atoms with Crippen molar-refractivity contribution >= 4 is 23.2 Å². The molecule has 0 spiro atoms. The zero-order chi connectivity index (χ0) is 20.6. The smallest absolute Gasteiger partial charge is 0.154 e. The quantitative estimate of drug-likeness (QED) is 0.522. The number of rotatable bonds is 3. The Morgan fingerprint density at radius 3 is 2.00 bits per heavy atom. The molecule has 0 radical (unpaired) electrons. The van der Waals surface area contributed by atoms with Crippen LogP contribution in [0.5, 0.6) is 0 Å². The van der Waals surface area contributed by atoms with E-state index in [0.717, 1.165) is 28.7 Å². The first kappa shape index (κ1) is 18.8. The first-order valence-corrected chi connectivity index (χ1v) is 10.5. The van der Waals surface area contributed by atoms with Gasteiger partial charge in [-0.25, -0.2) is 0 Å². The number of ether oxygens (including phenoxy) is 1. The topological polar surface area (TPSA) is 43.4 Å². The normalized spacial score (nSPS) is 34.8. The number of hydrogen-bond donors (Lipinski definition) is 0. The highest BCUT2D eigenvalue weighted by Gasteiger charge is 2.70. The molecule has 29 heavy (non-hydrogen) atoms. The molecule has 2 heterocycles. The number of Topliss-reactive ketones (excluding diaryl/α,β-unsaturated/α-hetero) is 2. The molecular weight excluding hydrogens is 384 g/mol. The van der Waals surface area contributed by atoms with Gasteiger partial charge < -0.3 is 4.74 Å². The van der Waals surface area contributed by atoms with Crippen molar-refractivity contribution < 1.29 is 14.3 Å². The predicted molar refractivity (Wildman–Crippen MR) is 113 cm³/mol. The van der Waals surface area contributed by atoms with Crippen molar-refractivity contribution in [3.8, 4) is 11.1 Å². The van der Waals surface area contributed by atoms with E-state index in [-0.39, 0.29) is 11.6 Å². The van der Waals surface area contributed by atoms with Crippen molar-refractivity contribution in [3.63, 3.8) is 0 Å². The number of fused-ring (bicyclic) bond motifs is 5. The Labute approximate surface area is 175 Å². The molecule has 1 saturated heterocycles. The van der Waals surface area contributed by atoms with Gasteiger partial charge in [-0.05, 0) is 60.7 Å². The molecule has 148 valence electrons. The van der Waals surface area contributed by atoms with Gasteiger partial charge in [0.25, 0.3) is 0 Å². The number of carbonyl (C=O) groups is 2. The highest BCUT2D eigenvalue weighted by Crippen LogP contribution is 2.59. The fourth-order valence-electron chi connectivity index (χ4n) is 5.58. The van der Waals surface area contributed by atoms with Crippen molar-refractivity contribution in [1.82, 2.24) is 0 Å². The van der Waals surface area contributed by atoms with Crippen LogP contribution >= 0.6 is 11.6 Å². The zero-order valence-electron chi connectivity index (χ0n) is 16.7. The van der Waals surface area contributed by atoms with E-state index < -0.39 is 29.0 Å². The second-order valence-corrected chi connectivity index (χ2v) is 9.21. The van der Waals surface area contributed by atoms with Crippen LogP contribution in [0.1, 0.15) is 37.8 Å². The first-order valence-electron chi connectivity index (χ1n) is 10.1. The Hall–Kier alpha value is -2.23. The van der Waals surface area contributed by atoms with E-state index in [1.54, 1.807) is 0 Å². The Bertz CT molecular complexity index is 1030. The third kappa shape index (κ3) is 2.54. The summed E-state index contributed by atoms with van der Waals surface area (Å²) in [5.74, 6) is -1.52. The van der Waals surface area contributed by atoms with Gasteiger partial charge in [-0.1, -0.05) is 54.9 Å². The lowest BCUT2D eigenvalue weighted by Gasteiger charge is -2.24. The van der Waals surface area contributed by atoms with Crippen LogP contribution in [0.3, 0.4) is 0 Å². The van der Waals surface area contributed by atoms with E-state index in [1.807, 2.05) is 68.5 Å². The molecule has 4 unspecified atom stereocenters. The van der Waals surface area contributed by atoms with Gasteiger partial charge in [-0.2, -0.15) is 0 Å². The van der Waals surface area contributed by atoms with Crippen molar-refractivity contribution in [2.45, 2.75) is 44.3 Å². The predicted octanol–water partition coefficient (Wildman–Crippen LogP) is 5.15. The van der Waals surface area contributed by atoms with Gasteiger partial charge in [0.05, 0.1) is 23.0 Å². The molecular formula is C25H23ClO3. The second kappa shape index (κ2) is 6.13. The van der Waals surface area contributed by atoms with Crippen LogP contribution in [-0.2, 0) is 20.7 Å². The summed E-state index contributed by atoms with van der Waals surface area (Å²) in [6, 6.07) is 13.7. The molecule has 0 N–H and O–H groups in total. The lowest BCUT2D eigenvalue weighted by Crippen LogP contribution is -2.36. The average molecular weight is 407 g/mol. The summed E-state index contributed by atoms with van der Waals surface area (Å²) in [5, 5.41) is 0.678. The molecule has 4 heteroatoms. The lowest BCUT2D eigenvalue weighted by molar-refractivity contribution is -0.131. The van der Waals surface area contributed by atoms with Gasteiger partial charge in [0, 0.05) is 5.02 Å². The van der Waals surface area contributed by atoms with Crippen LogP contribution < -0.4 is 0 Å². The summed E-state index contributed by atoms with van der Waals surface area (Å²) in [7, 11) is 0. The first-order chi connectivity index (χ1) is 13.8. The summed E-state index contributed by atoms with van der Waals surface area (Å²) >= 11 is 6.03. The largest absolute Gasteiger partial charge is 0.359 e. The zero-order valence-corrected chi connectivity index (χ0v) is 17.5. The third-order valence-electron chi connectivity index (χ3n) is 6.95. The van der Waals surface area contributed by atoms with Crippen molar-refractivity contribution in [2.24, 2.45) is 11.8 Å². The second-order valence-electron chi connectivity index (χ2n) is 8.77. The number of benzene rings is 2. The Balaban J connectivity index is 1.61. The van der Waals surface area contributed by atoms with Crippen LogP contribution in [0.25, 0.3) is 11.1 Å². The summed E-state index contributed by atoms with van der Waals surface area (Å²) in [4.78, 5) is 27.1. The fraction of sp³-hybridized carbons (Fsp3) is 0.360. The Kier molecular flexibility index (Phi) is 3.97. The SMILES string of the molecule is CCc1ccc(-c2ccc(Cl)cc2)cc1C1C(=O)C2C(C1=O)C1(C)C=CC2(C)O1. The molecule has 1 saturated carbocycles. The van der Waals surface area contributed by atoms with Gasteiger partial charge in [0.15, 0.2) is 11.6 Å². The van der Waals surface area contributed by atoms with Gasteiger partial charge in [-0.15, -0.1) is 0 Å². The van der Waals surface area contributed by atoms with E-state index in [0.29, 0.717) is 5.02 Å². The molecule has 3 aliphatic rings. The van der Waals surface area contributed by atoms with E-state index >= 15 is 0 Å². The van der Waals surface area contributed by atoms with E-state index in [1.165, 1.54) is 0 Å². The van der Waals surface area contributed by atoms with Gasteiger partial charge >= 0.3 is 0 Å². The molecule has 2 aliphatic heterocycles. The van der Waals surface area contributed by atoms with Crippen LogP contribution in [0.15, 0.2) is 54.6 Å². The number of ketones is 2. The van der Waals surface area contributed by atoms with Crippen LogP contribution in [-0.4, -0.2) is 22.8 Å². The summed E-state index contributed by atoms with van der Waals surface area (Å²) in [6.45, 7) is 5.91. The van der Waals surface area contributed by atoms with E-state index in [9.17, 15) is 9.59 Å². The maximum Gasteiger partial charge on any atom is 0.154 e. The van der Waals surface area contributed by atoms with E-state index in [2.05, 4.69) is 6.92 Å². The molecule has 3 nitrogen and oxygen atoms in total. The fourth-order valence-corrected chi connectivity index (χ4v) is 5.70. The van der Waals surface area contributed by atoms with Crippen molar-refractivity contribution in [3.05, 3.63) is 70.8 Å². The number of carbonyl (C=O) groups excluding carboxylic acids is 2. The van der Waals surface area contributed by atoms with Crippen molar-refractivity contribution in [1.29, 1.82) is 0 Å². The van der Waals surface area contributed by atoms with Gasteiger partial charge in [0.2, 0.25) is 0 Å². The highest BCUT2D eigenvalue weighted by atomic mass is 35.5. The molecule has 2 aromatic rings. The summed E-state index contributed by atoms with van der Waals surface area (Å²) in [5.41, 5.74) is 2.53. The van der Waals surface area contributed by atoms with E-state index in [4.69, 9.17) is 16.3 Å². The molecule has 1 aliphatic carbocycles. The average Bonchev–Trinajstić information content (AvgIpc) is 3.25. The molecule has 0 aromatic heterocycles. The maximum absolute atomic E-state index is 13.5. The molecule has 5 rings (SSSR count). The Morgan fingerprint density at radius 1 is 0.897 bits per heavy atom. The van der Waals surface area contributed by atoms with Gasteiger partial charge in [-0.3, -0.25) is 9.59 Å². The molecule has 0 amide bonds. The minimum absolute atomic E-state index is 0.00136. The summed E-state index contributed by atoms with van der Waals surface area (Å²) < 4.78 is 6.13.